The topological polar surface area (TPSA) is 75.4 Å². The molecule has 6 nitrogen and oxygen atoms in total. The summed E-state index contributed by atoms with van der Waals surface area (Å²) >= 11 is 0. The molecule has 0 unspecified atom stereocenters. The fourth-order valence-electron chi connectivity index (χ4n) is 2.91. The van der Waals surface area contributed by atoms with Crippen molar-refractivity contribution in [1.82, 2.24) is 14.2 Å². The third kappa shape index (κ3) is 3.68. The van der Waals surface area contributed by atoms with Crippen LogP contribution in [0.3, 0.4) is 0 Å². The Labute approximate surface area is 143 Å². The summed E-state index contributed by atoms with van der Waals surface area (Å²) in [6.45, 7) is 4.82. The zero-order valence-electron chi connectivity index (χ0n) is 14.0. The molecule has 1 aromatic heterocycles. The second-order valence-corrected chi connectivity index (χ2v) is 8.10. The maximum absolute atomic E-state index is 12.7. The highest BCUT2D eigenvalue weighted by Crippen LogP contribution is 2.34. The SMILES string of the molecule is CC(C)c1cc([C@@H]2CCCN2S(=O)(=O)NCc2ccccc2)no1. The fourth-order valence-corrected chi connectivity index (χ4v) is 4.34. The van der Waals surface area contributed by atoms with Crippen LogP contribution in [-0.4, -0.2) is 24.4 Å². The largest absolute Gasteiger partial charge is 0.361 e. The predicted molar refractivity (Wildman–Crippen MR) is 91.5 cm³/mol. The van der Waals surface area contributed by atoms with Gasteiger partial charge in [0.25, 0.3) is 10.2 Å². The van der Waals surface area contributed by atoms with E-state index in [1.54, 1.807) is 0 Å². The van der Waals surface area contributed by atoms with E-state index >= 15 is 0 Å². The van der Waals surface area contributed by atoms with Gasteiger partial charge < -0.3 is 4.52 Å². The molecule has 1 aliphatic rings. The molecule has 1 fully saturated rings. The van der Waals surface area contributed by atoms with Gasteiger partial charge in [0.2, 0.25) is 0 Å². The van der Waals surface area contributed by atoms with E-state index in [0.717, 1.165) is 24.2 Å². The smallest absolute Gasteiger partial charge is 0.280 e. The first-order valence-corrected chi connectivity index (χ1v) is 9.68. The Morgan fingerprint density at radius 1 is 1.33 bits per heavy atom. The van der Waals surface area contributed by atoms with Crippen molar-refractivity contribution in [3.63, 3.8) is 0 Å². The molecular weight excluding hydrogens is 326 g/mol. The van der Waals surface area contributed by atoms with E-state index in [-0.39, 0.29) is 18.5 Å². The van der Waals surface area contributed by atoms with Gasteiger partial charge in [-0.15, -0.1) is 0 Å². The minimum absolute atomic E-state index is 0.230. The Bertz CT molecular complexity index is 771. The average molecular weight is 349 g/mol. The van der Waals surface area contributed by atoms with E-state index in [1.807, 2.05) is 50.2 Å². The molecule has 130 valence electrons. The summed E-state index contributed by atoms with van der Waals surface area (Å²) in [5.41, 5.74) is 1.63. The Morgan fingerprint density at radius 2 is 2.08 bits per heavy atom. The summed E-state index contributed by atoms with van der Waals surface area (Å²) in [4.78, 5) is 0. The lowest BCUT2D eigenvalue weighted by atomic mass is 10.1. The van der Waals surface area contributed by atoms with Crippen LogP contribution in [0.2, 0.25) is 0 Å². The number of rotatable bonds is 6. The second-order valence-electron chi connectivity index (χ2n) is 6.39. The number of nitrogens with one attached hydrogen (secondary N) is 1. The van der Waals surface area contributed by atoms with Crippen molar-refractivity contribution in [1.29, 1.82) is 0 Å². The summed E-state index contributed by atoms with van der Waals surface area (Å²) in [6, 6.07) is 11.1. The predicted octanol–water partition coefficient (Wildman–Crippen LogP) is 2.97. The average Bonchev–Trinajstić information content (AvgIpc) is 3.23. The van der Waals surface area contributed by atoms with Gasteiger partial charge in [0.05, 0.1) is 6.04 Å². The van der Waals surface area contributed by atoms with Crippen molar-refractivity contribution >= 4 is 10.2 Å². The van der Waals surface area contributed by atoms with Crippen molar-refractivity contribution in [3.05, 3.63) is 53.4 Å². The first kappa shape index (κ1) is 17.1. The summed E-state index contributed by atoms with van der Waals surface area (Å²) in [7, 11) is -3.56. The molecule has 3 rings (SSSR count). The monoisotopic (exact) mass is 349 g/mol. The number of hydrogen-bond donors (Lipinski definition) is 1. The Kier molecular flexibility index (Phi) is 5.03. The van der Waals surface area contributed by atoms with E-state index < -0.39 is 10.2 Å². The van der Waals surface area contributed by atoms with Gasteiger partial charge in [-0.1, -0.05) is 49.3 Å². The highest BCUT2D eigenvalue weighted by molar-refractivity contribution is 7.87. The molecule has 1 atom stereocenters. The lowest BCUT2D eigenvalue weighted by molar-refractivity contribution is 0.336. The van der Waals surface area contributed by atoms with Crippen LogP contribution in [0.4, 0.5) is 0 Å². The molecule has 7 heteroatoms. The van der Waals surface area contributed by atoms with Crippen LogP contribution in [0.15, 0.2) is 40.9 Å². The van der Waals surface area contributed by atoms with Crippen LogP contribution in [-0.2, 0) is 16.8 Å². The molecule has 2 aromatic rings. The standard InChI is InChI=1S/C17H23N3O3S/c1-13(2)17-11-15(19-23-17)16-9-6-10-20(16)24(21,22)18-12-14-7-4-3-5-8-14/h3-5,7-8,11,13,16,18H,6,9-10,12H2,1-2H3/t16-/m0/s1. The Morgan fingerprint density at radius 3 is 2.75 bits per heavy atom. The van der Waals surface area contributed by atoms with E-state index in [2.05, 4.69) is 9.88 Å². The molecule has 0 aliphatic carbocycles. The van der Waals surface area contributed by atoms with Crippen molar-refractivity contribution < 1.29 is 12.9 Å². The van der Waals surface area contributed by atoms with E-state index in [4.69, 9.17) is 4.52 Å². The fraction of sp³-hybridized carbons (Fsp3) is 0.471. The van der Waals surface area contributed by atoms with Gasteiger partial charge in [0.15, 0.2) is 0 Å². The maximum Gasteiger partial charge on any atom is 0.280 e. The number of nitrogens with zero attached hydrogens (tertiary/aromatic N) is 2. The number of hydrogen-bond acceptors (Lipinski definition) is 4. The molecule has 0 spiro atoms. The Hall–Kier alpha value is -1.70. The third-order valence-corrected chi connectivity index (χ3v) is 5.83. The quantitative estimate of drug-likeness (QED) is 0.870. The minimum atomic E-state index is -3.56. The van der Waals surface area contributed by atoms with Crippen LogP contribution >= 0.6 is 0 Å². The molecule has 1 aromatic carbocycles. The maximum atomic E-state index is 12.7. The molecule has 0 amide bonds. The van der Waals surface area contributed by atoms with Gasteiger partial charge in [-0.25, -0.2) is 0 Å². The van der Waals surface area contributed by atoms with Gasteiger partial charge in [-0.2, -0.15) is 17.4 Å². The van der Waals surface area contributed by atoms with Gasteiger partial charge in [-0.3, -0.25) is 0 Å². The van der Waals surface area contributed by atoms with Crippen LogP contribution in [0.1, 0.15) is 55.7 Å². The minimum Gasteiger partial charge on any atom is -0.361 e. The molecule has 1 N–H and O–H groups in total. The normalized spacial score (nSPS) is 19.2. The summed E-state index contributed by atoms with van der Waals surface area (Å²) in [6.07, 6.45) is 1.58. The van der Waals surface area contributed by atoms with Crippen molar-refractivity contribution in [3.8, 4) is 0 Å². The van der Waals surface area contributed by atoms with Crippen LogP contribution < -0.4 is 4.72 Å². The zero-order valence-corrected chi connectivity index (χ0v) is 14.8. The highest BCUT2D eigenvalue weighted by Gasteiger charge is 2.36. The molecule has 2 heterocycles. The van der Waals surface area contributed by atoms with Gasteiger partial charge >= 0.3 is 0 Å². The first-order chi connectivity index (χ1) is 11.5. The highest BCUT2D eigenvalue weighted by atomic mass is 32.2. The van der Waals surface area contributed by atoms with E-state index in [1.165, 1.54) is 4.31 Å². The molecular formula is C17H23N3O3S. The van der Waals surface area contributed by atoms with E-state index in [9.17, 15) is 8.42 Å². The van der Waals surface area contributed by atoms with E-state index in [0.29, 0.717) is 12.2 Å². The molecule has 1 saturated heterocycles. The van der Waals surface area contributed by atoms with Crippen molar-refractivity contribution in [2.45, 2.75) is 45.2 Å². The van der Waals surface area contributed by atoms with Crippen LogP contribution in [0.25, 0.3) is 0 Å². The molecule has 1 aliphatic heterocycles. The van der Waals surface area contributed by atoms with Crippen LogP contribution in [0.5, 0.6) is 0 Å². The zero-order chi connectivity index (χ0) is 17.2. The van der Waals surface area contributed by atoms with Crippen LogP contribution in [0, 0.1) is 0 Å². The van der Waals surface area contributed by atoms with Gasteiger partial charge in [-0.05, 0) is 18.4 Å². The summed E-state index contributed by atoms with van der Waals surface area (Å²) in [5, 5.41) is 4.09. The lowest BCUT2D eigenvalue weighted by Crippen LogP contribution is -2.40. The van der Waals surface area contributed by atoms with Crippen molar-refractivity contribution in [2.75, 3.05) is 6.54 Å². The summed E-state index contributed by atoms with van der Waals surface area (Å²) < 4.78 is 34.9. The summed E-state index contributed by atoms with van der Waals surface area (Å²) in [5.74, 6) is 1.01. The lowest BCUT2D eigenvalue weighted by Gasteiger charge is -2.22. The molecule has 0 saturated carbocycles. The van der Waals surface area contributed by atoms with Gasteiger partial charge in [0.1, 0.15) is 11.5 Å². The third-order valence-electron chi connectivity index (χ3n) is 4.27. The molecule has 24 heavy (non-hydrogen) atoms. The van der Waals surface area contributed by atoms with Crippen molar-refractivity contribution in [2.24, 2.45) is 0 Å². The Balaban J connectivity index is 1.73. The second kappa shape index (κ2) is 7.04. The molecule has 0 radical (unpaired) electrons. The number of aromatic nitrogens is 1. The first-order valence-electron chi connectivity index (χ1n) is 8.24. The number of benzene rings is 1. The molecule has 0 bridgehead atoms. The van der Waals surface area contributed by atoms with Gasteiger partial charge in [0, 0.05) is 25.1 Å².